The molecule has 3 rings (SSSR count). The van der Waals surface area contributed by atoms with Crippen LogP contribution >= 0.6 is 0 Å². The van der Waals surface area contributed by atoms with Crippen LogP contribution in [0.5, 0.6) is 0 Å². The van der Waals surface area contributed by atoms with Crippen molar-refractivity contribution in [3.63, 3.8) is 0 Å². The highest BCUT2D eigenvalue weighted by Crippen LogP contribution is 2.17. The molecule has 0 saturated carbocycles. The Morgan fingerprint density at radius 3 is 2.92 bits per heavy atom. The molecule has 126 valence electrons. The van der Waals surface area contributed by atoms with Gasteiger partial charge in [0.2, 0.25) is 5.95 Å². The molecule has 2 heterocycles. The summed E-state index contributed by atoms with van der Waals surface area (Å²) in [6.07, 6.45) is 7.50. The standard InChI is InChI=1S/C18H23N5O/c1-2-3-7-15(10-12-24)21-18-19-11-9-17(22-18)23-16-8-5-4-6-14(16)13-20-23/h4-6,8-9,11,13,15,24H,2-3,7,10,12H2,1H3,(H,19,21,22). The Kier molecular flexibility index (Phi) is 5.38. The number of benzene rings is 1. The molecule has 0 aliphatic rings. The van der Waals surface area contributed by atoms with Gasteiger partial charge in [0.15, 0.2) is 5.82 Å². The fourth-order valence-corrected chi connectivity index (χ4v) is 2.77. The Morgan fingerprint density at radius 2 is 2.08 bits per heavy atom. The van der Waals surface area contributed by atoms with E-state index >= 15 is 0 Å². The number of aliphatic hydroxyl groups excluding tert-OH is 1. The smallest absolute Gasteiger partial charge is 0.224 e. The molecule has 0 aliphatic carbocycles. The van der Waals surface area contributed by atoms with Crippen LogP contribution < -0.4 is 5.32 Å². The number of unbranched alkanes of at least 4 members (excludes halogenated alkanes) is 1. The molecule has 0 radical (unpaired) electrons. The van der Waals surface area contributed by atoms with Crippen LogP contribution in [-0.4, -0.2) is 37.5 Å². The van der Waals surface area contributed by atoms with Crippen LogP contribution in [-0.2, 0) is 0 Å². The van der Waals surface area contributed by atoms with E-state index < -0.39 is 0 Å². The van der Waals surface area contributed by atoms with E-state index in [1.54, 1.807) is 6.20 Å². The molecule has 0 aliphatic heterocycles. The molecule has 1 unspecified atom stereocenters. The molecule has 6 heteroatoms. The molecule has 2 N–H and O–H groups in total. The highest BCUT2D eigenvalue weighted by molar-refractivity contribution is 5.79. The molecular weight excluding hydrogens is 302 g/mol. The quantitative estimate of drug-likeness (QED) is 0.665. The van der Waals surface area contributed by atoms with Crippen molar-refractivity contribution in [2.75, 3.05) is 11.9 Å². The van der Waals surface area contributed by atoms with Crippen LogP contribution in [0.2, 0.25) is 0 Å². The van der Waals surface area contributed by atoms with Gasteiger partial charge in [-0.05, 0) is 18.9 Å². The van der Waals surface area contributed by atoms with Gasteiger partial charge in [-0.15, -0.1) is 0 Å². The first-order valence-corrected chi connectivity index (χ1v) is 8.45. The predicted octanol–water partition coefficient (Wildman–Crippen LogP) is 3.17. The minimum Gasteiger partial charge on any atom is -0.396 e. The summed E-state index contributed by atoms with van der Waals surface area (Å²) in [4.78, 5) is 8.91. The number of para-hydroxylation sites is 1. The lowest BCUT2D eigenvalue weighted by molar-refractivity contribution is 0.276. The number of hydrogen-bond acceptors (Lipinski definition) is 5. The van der Waals surface area contributed by atoms with Gasteiger partial charge < -0.3 is 10.4 Å². The van der Waals surface area contributed by atoms with Gasteiger partial charge in [0, 0.05) is 30.3 Å². The number of anilines is 1. The summed E-state index contributed by atoms with van der Waals surface area (Å²) >= 11 is 0. The highest BCUT2D eigenvalue weighted by atomic mass is 16.3. The second-order valence-electron chi connectivity index (χ2n) is 5.85. The summed E-state index contributed by atoms with van der Waals surface area (Å²) in [6.45, 7) is 2.32. The maximum Gasteiger partial charge on any atom is 0.224 e. The van der Waals surface area contributed by atoms with E-state index in [4.69, 9.17) is 0 Å². The molecule has 24 heavy (non-hydrogen) atoms. The number of hydrogen-bond donors (Lipinski definition) is 2. The third-order valence-electron chi connectivity index (χ3n) is 4.05. The molecule has 3 aromatic rings. The lowest BCUT2D eigenvalue weighted by Gasteiger charge is -2.17. The molecule has 0 fully saturated rings. The summed E-state index contributed by atoms with van der Waals surface area (Å²) < 4.78 is 1.81. The summed E-state index contributed by atoms with van der Waals surface area (Å²) in [6, 6.07) is 10.1. The van der Waals surface area contributed by atoms with Gasteiger partial charge in [0.25, 0.3) is 0 Å². The molecule has 0 saturated heterocycles. The first-order chi connectivity index (χ1) is 11.8. The Morgan fingerprint density at radius 1 is 1.21 bits per heavy atom. The van der Waals surface area contributed by atoms with Crippen LogP contribution in [0, 0.1) is 0 Å². The van der Waals surface area contributed by atoms with Gasteiger partial charge in [-0.1, -0.05) is 38.0 Å². The van der Waals surface area contributed by atoms with E-state index in [1.807, 2.05) is 41.2 Å². The van der Waals surface area contributed by atoms with Crippen LogP contribution in [0.15, 0.2) is 42.7 Å². The number of aromatic nitrogens is 4. The van der Waals surface area contributed by atoms with Gasteiger partial charge in [-0.3, -0.25) is 0 Å². The SMILES string of the molecule is CCCCC(CCO)Nc1nccc(-n2ncc3ccccc32)n1. The minimum absolute atomic E-state index is 0.158. The summed E-state index contributed by atoms with van der Waals surface area (Å²) in [5, 5.41) is 18.1. The fourth-order valence-electron chi connectivity index (χ4n) is 2.77. The summed E-state index contributed by atoms with van der Waals surface area (Å²) in [5.41, 5.74) is 1.01. The van der Waals surface area contributed by atoms with Gasteiger partial charge in [0.1, 0.15) is 0 Å². The van der Waals surface area contributed by atoms with Crippen molar-refractivity contribution in [1.82, 2.24) is 19.7 Å². The summed E-state index contributed by atoms with van der Waals surface area (Å²) in [5.74, 6) is 1.30. The molecule has 0 amide bonds. The first-order valence-electron chi connectivity index (χ1n) is 8.45. The third-order valence-corrected chi connectivity index (χ3v) is 4.05. The van der Waals surface area contributed by atoms with Gasteiger partial charge in [-0.2, -0.15) is 10.1 Å². The molecular formula is C18H23N5O. The molecule has 6 nitrogen and oxygen atoms in total. The van der Waals surface area contributed by atoms with Crippen LogP contribution in [0.4, 0.5) is 5.95 Å². The van der Waals surface area contributed by atoms with Crippen LogP contribution in [0.3, 0.4) is 0 Å². The number of fused-ring (bicyclic) bond motifs is 1. The molecule has 1 aromatic carbocycles. The number of aliphatic hydroxyl groups is 1. The van der Waals surface area contributed by atoms with E-state index in [0.717, 1.165) is 36.0 Å². The van der Waals surface area contributed by atoms with Crippen LogP contribution in [0.25, 0.3) is 16.7 Å². The molecule has 0 bridgehead atoms. The first kappa shape index (κ1) is 16.4. The van der Waals surface area contributed by atoms with Crippen molar-refractivity contribution in [3.05, 3.63) is 42.7 Å². The van der Waals surface area contributed by atoms with Crippen molar-refractivity contribution >= 4 is 16.9 Å². The third kappa shape index (κ3) is 3.71. The Balaban J connectivity index is 1.83. The second kappa shape index (κ2) is 7.88. The average molecular weight is 325 g/mol. The van der Waals surface area contributed by atoms with Crippen molar-refractivity contribution in [1.29, 1.82) is 0 Å². The Labute approximate surface area is 141 Å². The van der Waals surface area contributed by atoms with Crippen molar-refractivity contribution in [2.45, 2.75) is 38.6 Å². The number of nitrogens with one attached hydrogen (secondary N) is 1. The largest absolute Gasteiger partial charge is 0.396 e. The van der Waals surface area contributed by atoms with E-state index in [-0.39, 0.29) is 12.6 Å². The fraction of sp³-hybridized carbons (Fsp3) is 0.389. The topological polar surface area (TPSA) is 75.9 Å². The van der Waals surface area contributed by atoms with E-state index in [0.29, 0.717) is 12.4 Å². The Bertz CT molecular complexity index is 786. The zero-order valence-electron chi connectivity index (χ0n) is 13.9. The predicted molar refractivity (Wildman–Crippen MR) is 95.3 cm³/mol. The lowest BCUT2D eigenvalue weighted by Crippen LogP contribution is -2.22. The normalized spacial score (nSPS) is 12.4. The Hall–Kier alpha value is -2.47. The second-order valence-corrected chi connectivity index (χ2v) is 5.85. The zero-order valence-corrected chi connectivity index (χ0v) is 13.9. The van der Waals surface area contributed by atoms with Gasteiger partial charge in [0.05, 0.1) is 11.7 Å². The number of rotatable bonds is 8. The molecule has 2 aromatic heterocycles. The van der Waals surface area contributed by atoms with E-state index in [1.165, 1.54) is 0 Å². The zero-order chi connectivity index (χ0) is 16.8. The maximum absolute atomic E-state index is 9.24. The van der Waals surface area contributed by atoms with Gasteiger partial charge >= 0.3 is 0 Å². The van der Waals surface area contributed by atoms with Crippen LogP contribution in [0.1, 0.15) is 32.6 Å². The monoisotopic (exact) mass is 325 g/mol. The average Bonchev–Trinajstić information content (AvgIpc) is 3.04. The maximum atomic E-state index is 9.24. The van der Waals surface area contributed by atoms with Gasteiger partial charge in [-0.25, -0.2) is 9.67 Å². The summed E-state index contributed by atoms with van der Waals surface area (Å²) in [7, 11) is 0. The van der Waals surface area contributed by atoms with Crippen molar-refractivity contribution in [3.8, 4) is 5.82 Å². The number of nitrogens with zero attached hydrogens (tertiary/aromatic N) is 4. The minimum atomic E-state index is 0.158. The molecule has 1 atom stereocenters. The highest BCUT2D eigenvalue weighted by Gasteiger charge is 2.11. The van der Waals surface area contributed by atoms with E-state index in [9.17, 15) is 5.11 Å². The van der Waals surface area contributed by atoms with E-state index in [2.05, 4.69) is 27.3 Å². The lowest BCUT2D eigenvalue weighted by atomic mass is 10.1. The van der Waals surface area contributed by atoms with Crippen molar-refractivity contribution in [2.24, 2.45) is 0 Å². The van der Waals surface area contributed by atoms with Crippen molar-refractivity contribution < 1.29 is 5.11 Å². The molecule has 0 spiro atoms.